The second-order valence-corrected chi connectivity index (χ2v) is 8.95. The normalized spacial score (nSPS) is 16.3. The third kappa shape index (κ3) is 7.11. The van der Waals surface area contributed by atoms with Crippen molar-refractivity contribution < 1.29 is 19.1 Å². The van der Waals surface area contributed by atoms with Gasteiger partial charge in [-0.2, -0.15) is 0 Å². The number of likely N-dealkylation sites (tertiary alicyclic amines) is 1. The number of hydrogen-bond donors (Lipinski definition) is 2. The van der Waals surface area contributed by atoms with Gasteiger partial charge in [-0.25, -0.2) is 4.79 Å². The molecule has 1 aliphatic rings. The van der Waals surface area contributed by atoms with Crippen molar-refractivity contribution in [2.45, 2.75) is 57.7 Å². The molecule has 1 aromatic carbocycles. The Kier molecular flexibility index (Phi) is 7.97. The van der Waals surface area contributed by atoms with Crippen molar-refractivity contribution in [1.82, 2.24) is 9.80 Å². The summed E-state index contributed by atoms with van der Waals surface area (Å²) in [4.78, 5) is 40.9. The second-order valence-electron chi connectivity index (χ2n) is 8.95. The van der Waals surface area contributed by atoms with Crippen LogP contribution in [0.15, 0.2) is 24.3 Å². The van der Waals surface area contributed by atoms with Crippen LogP contribution in [0.1, 0.15) is 50.4 Å². The molecule has 1 saturated heterocycles. The van der Waals surface area contributed by atoms with E-state index in [1.54, 1.807) is 49.9 Å². The first kappa shape index (κ1) is 23.8. The van der Waals surface area contributed by atoms with Crippen LogP contribution in [0.5, 0.6) is 0 Å². The number of anilines is 1. The molecule has 1 aliphatic heterocycles. The summed E-state index contributed by atoms with van der Waals surface area (Å²) < 4.78 is 5.31. The molecule has 0 saturated carbocycles. The smallest absolute Gasteiger partial charge is 0.338 e. The number of rotatable bonds is 6. The van der Waals surface area contributed by atoms with Gasteiger partial charge in [0.05, 0.1) is 18.0 Å². The van der Waals surface area contributed by atoms with E-state index in [9.17, 15) is 14.4 Å². The first-order chi connectivity index (χ1) is 14.0. The van der Waals surface area contributed by atoms with E-state index in [1.165, 1.54) is 0 Å². The molecule has 8 nitrogen and oxygen atoms in total. The predicted octanol–water partition coefficient (Wildman–Crippen LogP) is 1.85. The standard InChI is InChI=1S/C22H34N4O4/c1-22(2,3)30-21(29)15-6-8-16(9-7-15)24-20(28)18(23)14-19(27)26-12-10-17(11-13-26)25(4)5/h6-9,17-18H,10-14,23H2,1-5H3,(H,24,28)/t18-/m0/s1. The highest BCUT2D eigenvalue weighted by Crippen LogP contribution is 2.17. The number of carbonyl (C=O) groups is 3. The fraction of sp³-hybridized carbons (Fsp3) is 0.591. The van der Waals surface area contributed by atoms with Gasteiger partial charge >= 0.3 is 5.97 Å². The molecule has 2 amide bonds. The zero-order valence-corrected chi connectivity index (χ0v) is 18.6. The molecule has 1 aromatic rings. The summed E-state index contributed by atoms with van der Waals surface area (Å²) in [5.74, 6) is -0.965. The van der Waals surface area contributed by atoms with E-state index in [4.69, 9.17) is 10.5 Å². The minimum atomic E-state index is -0.936. The Balaban J connectivity index is 1.84. The van der Waals surface area contributed by atoms with Crippen LogP contribution < -0.4 is 11.1 Å². The van der Waals surface area contributed by atoms with Crippen LogP contribution in [0, 0.1) is 0 Å². The summed E-state index contributed by atoms with van der Waals surface area (Å²) >= 11 is 0. The maximum absolute atomic E-state index is 12.5. The second kappa shape index (κ2) is 10.0. The highest BCUT2D eigenvalue weighted by Gasteiger charge is 2.26. The van der Waals surface area contributed by atoms with Gasteiger partial charge in [-0.05, 0) is 72.0 Å². The molecule has 0 aliphatic carbocycles. The molecule has 0 bridgehead atoms. The van der Waals surface area contributed by atoms with Gasteiger partial charge in [0.15, 0.2) is 0 Å². The van der Waals surface area contributed by atoms with E-state index in [2.05, 4.69) is 10.2 Å². The quantitative estimate of drug-likeness (QED) is 0.683. The third-order valence-corrected chi connectivity index (χ3v) is 5.07. The number of carbonyl (C=O) groups excluding carboxylic acids is 3. The monoisotopic (exact) mass is 418 g/mol. The highest BCUT2D eigenvalue weighted by molar-refractivity contribution is 5.98. The number of amides is 2. The first-order valence-corrected chi connectivity index (χ1v) is 10.3. The Bertz CT molecular complexity index is 747. The molecule has 30 heavy (non-hydrogen) atoms. The summed E-state index contributed by atoms with van der Waals surface area (Å²) in [7, 11) is 4.09. The Hall–Kier alpha value is -2.45. The average Bonchev–Trinajstić information content (AvgIpc) is 2.67. The van der Waals surface area contributed by atoms with Gasteiger partial charge in [-0.3, -0.25) is 9.59 Å². The first-order valence-electron chi connectivity index (χ1n) is 10.3. The molecular formula is C22H34N4O4. The molecule has 0 aromatic heterocycles. The number of piperidine rings is 1. The summed E-state index contributed by atoms with van der Waals surface area (Å²) in [6, 6.07) is 5.92. The van der Waals surface area contributed by atoms with Crippen LogP contribution >= 0.6 is 0 Å². The van der Waals surface area contributed by atoms with Gasteiger partial charge in [0.1, 0.15) is 5.60 Å². The zero-order chi connectivity index (χ0) is 22.5. The predicted molar refractivity (Wildman–Crippen MR) is 116 cm³/mol. The molecule has 0 spiro atoms. The van der Waals surface area contributed by atoms with Crippen molar-refractivity contribution in [2.75, 3.05) is 32.5 Å². The molecule has 1 heterocycles. The average molecular weight is 419 g/mol. The Labute approximate surface area is 178 Å². The van der Waals surface area contributed by atoms with Crippen molar-refractivity contribution in [2.24, 2.45) is 5.73 Å². The molecular weight excluding hydrogens is 384 g/mol. The minimum Gasteiger partial charge on any atom is -0.456 e. The zero-order valence-electron chi connectivity index (χ0n) is 18.6. The third-order valence-electron chi connectivity index (χ3n) is 5.07. The number of nitrogens with two attached hydrogens (primary N) is 1. The van der Waals surface area contributed by atoms with Crippen LogP contribution in [0.3, 0.4) is 0 Å². The Morgan fingerprint density at radius 1 is 1.17 bits per heavy atom. The summed E-state index contributed by atoms with van der Waals surface area (Å²) in [6.07, 6.45) is 1.81. The van der Waals surface area contributed by atoms with Gasteiger partial charge < -0.3 is 25.6 Å². The lowest BCUT2D eigenvalue weighted by molar-refractivity contribution is -0.134. The van der Waals surface area contributed by atoms with E-state index in [1.807, 2.05) is 14.1 Å². The molecule has 1 fully saturated rings. The van der Waals surface area contributed by atoms with E-state index in [0.29, 0.717) is 30.4 Å². The summed E-state index contributed by atoms with van der Waals surface area (Å²) in [5.41, 5.74) is 6.27. The maximum Gasteiger partial charge on any atom is 0.338 e. The lowest BCUT2D eigenvalue weighted by Crippen LogP contribution is -2.47. The lowest BCUT2D eigenvalue weighted by atomic mass is 10.0. The molecule has 8 heteroatoms. The lowest BCUT2D eigenvalue weighted by Gasteiger charge is -2.35. The fourth-order valence-electron chi connectivity index (χ4n) is 3.30. The van der Waals surface area contributed by atoms with Gasteiger partial charge in [-0.15, -0.1) is 0 Å². The number of esters is 1. The van der Waals surface area contributed by atoms with E-state index in [-0.39, 0.29) is 12.3 Å². The number of benzene rings is 1. The molecule has 2 rings (SSSR count). The Morgan fingerprint density at radius 2 is 1.73 bits per heavy atom. The minimum absolute atomic E-state index is 0.0333. The fourth-order valence-corrected chi connectivity index (χ4v) is 3.30. The van der Waals surface area contributed by atoms with Gasteiger partial charge in [-0.1, -0.05) is 0 Å². The van der Waals surface area contributed by atoms with Crippen LogP contribution in [-0.4, -0.2) is 72.5 Å². The van der Waals surface area contributed by atoms with Crippen LogP contribution in [0.2, 0.25) is 0 Å². The van der Waals surface area contributed by atoms with Crippen molar-refractivity contribution in [3.05, 3.63) is 29.8 Å². The van der Waals surface area contributed by atoms with Crippen molar-refractivity contribution in [1.29, 1.82) is 0 Å². The largest absolute Gasteiger partial charge is 0.456 e. The molecule has 1 atom stereocenters. The number of nitrogens with zero attached hydrogens (tertiary/aromatic N) is 2. The maximum atomic E-state index is 12.5. The molecule has 0 radical (unpaired) electrons. The van der Waals surface area contributed by atoms with Crippen LogP contribution in [-0.2, 0) is 14.3 Å². The highest BCUT2D eigenvalue weighted by atomic mass is 16.6. The van der Waals surface area contributed by atoms with Gasteiger partial charge in [0, 0.05) is 24.8 Å². The van der Waals surface area contributed by atoms with E-state index >= 15 is 0 Å². The SMILES string of the molecule is CN(C)C1CCN(C(=O)C[C@H](N)C(=O)Nc2ccc(C(=O)OC(C)(C)C)cc2)CC1. The van der Waals surface area contributed by atoms with Crippen molar-refractivity contribution in [3.63, 3.8) is 0 Å². The molecule has 166 valence electrons. The van der Waals surface area contributed by atoms with Crippen molar-refractivity contribution in [3.8, 4) is 0 Å². The number of ether oxygens (including phenoxy) is 1. The van der Waals surface area contributed by atoms with Crippen LogP contribution in [0.25, 0.3) is 0 Å². The van der Waals surface area contributed by atoms with Crippen molar-refractivity contribution >= 4 is 23.5 Å². The number of nitrogens with one attached hydrogen (secondary N) is 1. The van der Waals surface area contributed by atoms with Crippen LogP contribution in [0.4, 0.5) is 5.69 Å². The van der Waals surface area contributed by atoms with Gasteiger partial charge in [0.2, 0.25) is 11.8 Å². The summed E-state index contributed by atoms with van der Waals surface area (Å²) in [5, 5.41) is 2.69. The number of hydrogen-bond acceptors (Lipinski definition) is 6. The molecule has 3 N–H and O–H groups in total. The molecule has 0 unspecified atom stereocenters. The van der Waals surface area contributed by atoms with E-state index < -0.39 is 23.5 Å². The topological polar surface area (TPSA) is 105 Å². The van der Waals surface area contributed by atoms with Gasteiger partial charge in [0.25, 0.3) is 0 Å². The van der Waals surface area contributed by atoms with E-state index in [0.717, 1.165) is 12.8 Å². The summed E-state index contributed by atoms with van der Waals surface area (Å²) in [6.45, 7) is 6.76. The Morgan fingerprint density at radius 3 is 2.23 bits per heavy atom.